The molecule has 0 aliphatic carbocycles. The summed E-state index contributed by atoms with van der Waals surface area (Å²) >= 11 is 0. The number of ketones is 1. The van der Waals surface area contributed by atoms with Crippen molar-refractivity contribution in [2.75, 3.05) is 4.90 Å². The Kier molecular flexibility index (Phi) is 3.93. The van der Waals surface area contributed by atoms with Crippen LogP contribution in [0.4, 0.5) is 10.1 Å². The maximum atomic E-state index is 13.2. The molecular weight excluding hydrogens is 309 g/mol. The Hall–Kier alpha value is -2.95. The largest absolute Gasteiger partial charge is 0.503 e. The van der Waals surface area contributed by atoms with Crippen LogP contribution in [-0.2, 0) is 9.59 Å². The van der Waals surface area contributed by atoms with Crippen LogP contribution in [0.3, 0.4) is 0 Å². The fourth-order valence-corrected chi connectivity index (χ4v) is 2.90. The van der Waals surface area contributed by atoms with Crippen LogP contribution in [0.5, 0.6) is 0 Å². The number of benzene rings is 2. The molecule has 0 saturated carbocycles. The summed E-state index contributed by atoms with van der Waals surface area (Å²) in [5, 5.41) is 10.2. The molecule has 2 aromatic carbocycles. The number of aryl methyl sites for hydroxylation is 1. The van der Waals surface area contributed by atoms with Gasteiger partial charge in [-0.05, 0) is 43.7 Å². The number of aliphatic hydroxyl groups excluding tert-OH is 1. The average molecular weight is 325 g/mol. The number of nitrogens with zero attached hydrogens (tertiary/aromatic N) is 1. The van der Waals surface area contributed by atoms with Gasteiger partial charge < -0.3 is 5.11 Å². The molecule has 0 bridgehead atoms. The molecule has 3 rings (SSSR count). The van der Waals surface area contributed by atoms with Gasteiger partial charge in [0.25, 0.3) is 5.91 Å². The first kappa shape index (κ1) is 15.9. The molecule has 4 nitrogen and oxygen atoms in total. The Labute approximate surface area is 138 Å². The molecule has 1 atom stereocenters. The van der Waals surface area contributed by atoms with Crippen LogP contribution in [0, 0.1) is 12.7 Å². The SMILES string of the molecule is CC(=O)C1=C(O)C(=O)N(c2ccc(F)cc2)C1c1ccc(C)cc1. The van der Waals surface area contributed by atoms with E-state index in [-0.39, 0.29) is 11.4 Å². The molecule has 0 radical (unpaired) electrons. The van der Waals surface area contributed by atoms with E-state index < -0.39 is 23.5 Å². The molecule has 1 amide bonds. The van der Waals surface area contributed by atoms with Crippen LogP contribution in [-0.4, -0.2) is 16.8 Å². The van der Waals surface area contributed by atoms with Gasteiger partial charge in [-0.25, -0.2) is 4.39 Å². The highest BCUT2D eigenvalue weighted by Gasteiger charge is 2.43. The first-order chi connectivity index (χ1) is 11.4. The van der Waals surface area contributed by atoms with E-state index in [1.807, 2.05) is 31.2 Å². The summed E-state index contributed by atoms with van der Waals surface area (Å²) in [5.74, 6) is -2.04. The van der Waals surface area contributed by atoms with Crippen LogP contribution in [0.15, 0.2) is 59.9 Å². The number of rotatable bonds is 3. The normalized spacial score (nSPS) is 17.5. The summed E-state index contributed by atoms with van der Waals surface area (Å²) < 4.78 is 13.2. The molecule has 2 aromatic rings. The Morgan fingerprint density at radius 3 is 2.21 bits per heavy atom. The Bertz CT molecular complexity index is 838. The molecule has 1 heterocycles. The van der Waals surface area contributed by atoms with Crippen molar-refractivity contribution in [3.63, 3.8) is 0 Å². The van der Waals surface area contributed by atoms with Crippen LogP contribution in [0.2, 0.25) is 0 Å². The fraction of sp³-hybridized carbons (Fsp3) is 0.158. The van der Waals surface area contributed by atoms with E-state index in [2.05, 4.69) is 0 Å². The third-order valence-corrected chi connectivity index (χ3v) is 4.09. The van der Waals surface area contributed by atoms with Crippen LogP contribution < -0.4 is 4.90 Å². The molecule has 0 saturated heterocycles. The number of halogens is 1. The molecule has 122 valence electrons. The molecule has 24 heavy (non-hydrogen) atoms. The highest BCUT2D eigenvalue weighted by atomic mass is 19.1. The molecule has 5 heteroatoms. The third kappa shape index (κ3) is 2.58. The first-order valence-corrected chi connectivity index (χ1v) is 7.50. The summed E-state index contributed by atoms with van der Waals surface area (Å²) in [4.78, 5) is 25.9. The fourth-order valence-electron chi connectivity index (χ4n) is 2.90. The lowest BCUT2D eigenvalue weighted by molar-refractivity contribution is -0.117. The quantitative estimate of drug-likeness (QED) is 0.937. The first-order valence-electron chi connectivity index (χ1n) is 7.50. The number of amides is 1. The second-order valence-electron chi connectivity index (χ2n) is 5.78. The number of hydrogen-bond donors (Lipinski definition) is 1. The Balaban J connectivity index is 2.16. The number of anilines is 1. The zero-order valence-electron chi connectivity index (χ0n) is 13.3. The zero-order chi connectivity index (χ0) is 17.4. The lowest BCUT2D eigenvalue weighted by Gasteiger charge is -2.26. The smallest absolute Gasteiger partial charge is 0.294 e. The second kappa shape index (κ2) is 5.92. The van der Waals surface area contributed by atoms with Gasteiger partial charge in [0, 0.05) is 5.69 Å². The second-order valence-corrected chi connectivity index (χ2v) is 5.78. The van der Waals surface area contributed by atoms with Crippen molar-refractivity contribution < 1.29 is 19.1 Å². The standard InChI is InChI=1S/C19H16FNO3/c1-11-3-5-13(6-4-11)17-16(12(2)22)18(23)19(24)21(17)15-9-7-14(20)8-10-15/h3-10,17,23H,1-2H3. The minimum absolute atomic E-state index is 0.0492. The van der Waals surface area contributed by atoms with Crippen molar-refractivity contribution >= 4 is 17.4 Å². The van der Waals surface area contributed by atoms with E-state index >= 15 is 0 Å². The maximum Gasteiger partial charge on any atom is 0.294 e. The topological polar surface area (TPSA) is 57.6 Å². The summed E-state index contributed by atoms with van der Waals surface area (Å²) in [7, 11) is 0. The average Bonchev–Trinajstić information content (AvgIpc) is 2.81. The highest BCUT2D eigenvalue weighted by Crippen LogP contribution is 2.40. The van der Waals surface area contributed by atoms with E-state index in [0.29, 0.717) is 11.3 Å². The molecule has 0 fully saturated rings. The van der Waals surface area contributed by atoms with Crippen molar-refractivity contribution in [3.05, 3.63) is 76.8 Å². The van der Waals surface area contributed by atoms with Gasteiger partial charge in [-0.15, -0.1) is 0 Å². The van der Waals surface area contributed by atoms with E-state index in [9.17, 15) is 19.1 Å². The van der Waals surface area contributed by atoms with Crippen molar-refractivity contribution in [1.29, 1.82) is 0 Å². The van der Waals surface area contributed by atoms with E-state index in [1.165, 1.54) is 36.1 Å². The Morgan fingerprint density at radius 2 is 1.67 bits per heavy atom. The molecule has 1 unspecified atom stereocenters. The summed E-state index contributed by atoms with van der Waals surface area (Å²) in [6.07, 6.45) is 0. The van der Waals surface area contributed by atoms with Gasteiger partial charge in [-0.3, -0.25) is 14.5 Å². The minimum Gasteiger partial charge on any atom is -0.503 e. The van der Waals surface area contributed by atoms with Crippen molar-refractivity contribution in [3.8, 4) is 0 Å². The zero-order valence-corrected chi connectivity index (χ0v) is 13.3. The number of Topliss-reactive ketones (excluding diaryl/α,β-unsaturated/α-hetero) is 1. The lowest BCUT2D eigenvalue weighted by Crippen LogP contribution is -2.30. The van der Waals surface area contributed by atoms with Crippen molar-refractivity contribution in [2.24, 2.45) is 0 Å². The predicted octanol–water partition coefficient (Wildman–Crippen LogP) is 3.62. The summed E-state index contributed by atoms with van der Waals surface area (Å²) in [6, 6.07) is 12.0. The van der Waals surface area contributed by atoms with Crippen LogP contribution in [0.25, 0.3) is 0 Å². The van der Waals surface area contributed by atoms with Gasteiger partial charge >= 0.3 is 0 Å². The maximum absolute atomic E-state index is 13.2. The number of carbonyl (C=O) groups is 2. The molecule has 1 aliphatic heterocycles. The Morgan fingerprint density at radius 1 is 1.08 bits per heavy atom. The van der Waals surface area contributed by atoms with E-state index in [0.717, 1.165) is 5.56 Å². The van der Waals surface area contributed by atoms with Crippen LogP contribution in [0.1, 0.15) is 24.1 Å². The number of carbonyl (C=O) groups excluding carboxylic acids is 2. The van der Waals surface area contributed by atoms with Gasteiger partial charge in [-0.1, -0.05) is 29.8 Å². The van der Waals surface area contributed by atoms with Gasteiger partial charge in [-0.2, -0.15) is 0 Å². The molecule has 0 aromatic heterocycles. The van der Waals surface area contributed by atoms with E-state index in [1.54, 1.807) is 0 Å². The van der Waals surface area contributed by atoms with Crippen LogP contribution >= 0.6 is 0 Å². The summed E-state index contributed by atoms with van der Waals surface area (Å²) in [6.45, 7) is 3.24. The summed E-state index contributed by atoms with van der Waals surface area (Å²) in [5.41, 5.74) is 2.20. The molecule has 0 spiro atoms. The van der Waals surface area contributed by atoms with E-state index in [4.69, 9.17) is 0 Å². The van der Waals surface area contributed by atoms with Crippen molar-refractivity contribution in [1.82, 2.24) is 0 Å². The van der Waals surface area contributed by atoms with Gasteiger partial charge in [0.05, 0.1) is 11.6 Å². The highest BCUT2D eigenvalue weighted by molar-refractivity contribution is 6.16. The molecule has 1 N–H and O–H groups in total. The monoisotopic (exact) mass is 325 g/mol. The van der Waals surface area contributed by atoms with Crippen molar-refractivity contribution in [2.45, 2.75) is 19.9 Å². The predicted molar refractivity (Wildman–Crippen MR) is 88.1 cm³/mol. The van der Waals surface area contributed by atoms with Gasteiger partial charge in [0.15, 0.2) is 11.5 Å². The molecular formula is C19H16FNO3. The minimum atomic E-state index is -0.735. The van der Waals surface area contributed by atoms with Gasteiger partial charge in [0.2, 0.25) is 0 Å². The third-order valence-electron chi connectivity index (χ3n) is 4.09. The number of hydrogen-bond acceptors (Lipinski definition) is 3. The lowest BCUT2D eigenvalue weighted by atomic mass is 9.96. The van der Waals surface area contributed by atoms with Gasteiger partial charge in [0.1, 0.15) is 5.82 Å². The molecule has 1 aliphatic rings. The number of aliphatic hydroxyl groups is 1.